The maximum Gasteiger partial charge on any atom is 0.228 e. The van der Waals surface area contributed by atoms with Crippen LogP contribution in [0.3, 0.4) is 0 Å². The van der Waals surface area contributed by atoms with Gasteiger partial charge in [0, 0.05) is 30.5 Å². The average molecular weight is 454 g/mol. The SMILES string of the molecule is CN(C)CCN(C(=O)CCCSc1ccc(F)cc1)c1nc2c(F)cc(F)cc2s1. The molecular weight excluding hydrogens is 431 g/mol. The fourth-order valence-corrected chi connectivity index (χ4v) is 4.67. The molecule has 1 aromatic heterocycles. The predicted octanol–water partition coefficient (Wildman–Crippen LogP) is 5.18. The molecule has 0 fully saturated rings. The Morgan fingerprint density at radius 1 is 1.07 bits per heavy atom. The Morgan fingerprint density at radius 3 is 2.50 bits per heavy atom. The minimum Gasteiger partial charge on any atom is -0.308 e. The smallest absolute Gasteiger partial charge is 0.228 e. The first-order valence-corrected chi connectivity index (χ1v) is 11.2. The lowest BCUT2D eigenvalue weighted by molar-refractivity contribution is -0.118. The van der Waals surface area contributed by atoms with Gasteiger partial charge >= 0.3 is 0 Å². The molecule has 0 saturated carbocycles. The largest absolute Gasteiger partial charge is 0.308 e. The van der Waals surface area contributed by atoms with E-state index in [1.807, 2.05) is 19.0 Å². The molecule has 0 unspecified atom stereocenters. The van der Waals surface area contributed by atoms with Crippen molar-refractivity contribution in [2.75, 3.05) is 37.8 Å². The van der Waals surface area contributed by atoms with Crippen LogP contribution in [0.2, 0.25) is 0 Å². The van der Waals surface area contributed by atoms with Crippen molar-refractivity contribution in [1.82, 2.24) is 9.88 Å². The molecule has 0 N–H and O–H groups in total. The molecule has 30 heavy (non-hydrogen) atoms. The number of carbonyl (C=O) groups is 1. The van der Waals surface area contributed by atoms with E-state index >= 15 is 0 Å². The molecule has 160 valence electrons. The van der Waals surface area contributed by atoms with E-state index in [1.54, 1.807) is 28.8 Å². The highest BCUT2D eigenvalue weighted by atomic mass is 32.2. The summed E-state index contributed by atoms with van der Waals surface area (Å²) < 4.78 is 40.9. The van der Waals surface area contributed by atoms with Crippen molar-refractivity contribution < 1.29 is 18.0 Å². The van der Waals surface area contributed by atoms with Gasteiger partial charge in [-0.05, 0) is 56.6 Å². The van der Waals surface area contributed by atoms with Crippen molar-refractivity contribution in [2.24, 2.45) is 0 Å². The number of anilines is 1. The predicted molar refractivity (Wildman–Crippen MR) is 117 cm³/mol. The molecule has 4 nitrogen and oxygen atoms in total. The normalized spacial score (nSPS) is 11.4. The lowest BCUT2D eigenvalue weighted by Crippen LogP contribution is -2.36. The first-order chi connectivity index (χ1) is 14.3. The van der Waals surface area contributed by atoms with Gasteiger partial charge in [0.2, 0.25) is 5.91 Å². The molecule has 1 heterocycles. The summed E-state index contributed by atoms with van der Waals surface area (Å²) in [6.45, 7) is 1.02. The van der Waals surface area contributed by atoms with Gasteiger partial charge in [-0.15, -0.1) is 11.8 Å². The molecule has 0 bridgehead atoms. The van der Waals surface area contributed by atoms with Crippen molar-refractivity contribution in [3.63, 3.8) is 0 Å². The highest BCUT2D eigenvalue weighted by Gasteiger charge is 2.21. The first-order valence-electron chi connectivity index (χ1n) is 9.42. The van der Waals surface area contributed by atoms with Crippen molar-refractivity contribution in [1.29, 1.82) is 0 Å². The zero-order chi connectivity index (χ0) is 21.7. The van der Waals surface area contributed by atoms with Crippen molar-refractivity contribution in [2.45, 2.75) is 17.7 Å². The molecule has 3 rings (SSSR count). The number of thiazole rings is 1. The zero-order valence-corrected chi connectivity index (χ0v) is 18.3. The van der Waals surface area contributed by atoms with Crippen LogP contribution in [-0.4, -0.2) is 48.7 Å². The Hall–Kier alpha value is -2.10. The van der Waals surface area contributed by atoms with Gasteiger partial charge in [-0.3, -0.25) is 9.69 Å². The quantitative estimate of drug-likeness (QED) is 0.330. The third kappa shape index (κ3) is 5.96. The van der Waals surface area contributed by atoms with E-state index in [1.165, 1.54) is 18.2 Å². The Labute approximate surface area is 181 Å². The number of amides is 1. The molecule has 3 aromatic rings. The second-order valence-corrected chi connectivity index (χ2v) is 9.16. The van der Waals surface area contributed by atoms with Gasteiger partial charge in [-0.2, -0.15) is 0 Å². The number of halogens is 3. The Morgan fingerprint density at radius 2 is 1.80 bits per heavy atom. The van der Waals surface area contributed by atoms with Crippen LogP contribution in [0.5, 0.6) is 0 Å². The average Bonchev–Trinajstić information content (AvgIpc) is 3.10. The van der Waals surface area contributed by atoms with Crippen LogP contribution in [0, 0.1) is 17.5 Å². The summed E-state index contributed by atoms with van der Waals surface area (Å²) in [6, 6.07) is 8.26. The van der Waals surface area contributed by atoms with E-state index in [4.69, 9.17) is 0 Å². The minimum absolute atomic E-state index is 0.0749. The lowest BCUT2D eigenvalue weighted by Gasteiger charge is -2.22. The van der Waals surface area contributed by atoms with Crippen molar-refractivity contribution in [3.05, 3.63) is 53.8 Å². The van der Waals surface area contributed by atoms with Gasteiger partial charge in [0.1, 0.15) is 17.2 Å². The number of nitrogens with zero attached hydrogens (tertiary/aromatic N) is 3. The highest BCUT2D eigenvalue weighted by molar-refractivity contribution is 7.99. The molecule has 0 aliphatic heterocycles. The van der Waals surface area contributed by atoms with Crippen LogP contribution in [-0.2, 0) is 4.79 Å². The van der Waals surface area contributed by atoms with Gasteiger partial charge in [0.15, 0.2) is 10.9 Å². The Bertz CT molecular complexity index is 1010. The van der Waals surface area contributed by atoms with Gasteiger partial charge in [0.05, 0.1) is 4.70 Å². The maximum absolute atomic E-state index is 14.0. The summed E-state index contributed by atoms with van der Waals surface area (Å²) in [7, 11) is 3.80. The minimum atomic E-state index is -0.733. The summed E-state index contributed by atoms with van der Waals surface area (Å²) >= 11 is 2.66. The summed E-state index contributed by atoms with van der Waals surface area (Å²) in [5, 5.41) is 0.368. The van der Waals surface area contributed by atoms with Gasteiger partial charge < -0.3 is 4.90 Å². The summed E-state index contributed by atoms with van der Waals surface area (Å²) in [4.78, 5) is 21.6. The summed E-state index contributed by atoms with van der Waals surface area (Å²) in [6.07, 6.45) is 0.932. The number of likely N-dealkylation sites (N-methyl/N-ethyl adjacent to an activating group) is 1. The number of thioether (sulfide) groups is 1. The second kappa shape index (κ2) is 10.3. The van der Waals surface area contributed by atoms with Gasteiger partial charge in [0.25, 0.3) is 0 Å². The Balaban J connectivity index is 1.67. The third-order valence-corrected chi connectivity index (χ3v) is 6.45. The van der Waals surface area contributed by atoms with Crippen LogP contribution in [0.15, 0.2) is 41.3 Å². The number of fused-ring (bicyclic) bond motifs is 1. The summed E-state index contributed by atoms with van der Waals surface area (Å²) in [5.74, 6) is -1.09. The van der Waals surface area contributed by atoms with Crippen LogP contribution < -0.4 is 4.90 Å². The second-order valence-electron chi connectivity index (χ2n) is 6.99. The molecular formula is C21H22F3N3OS2. The van der Waals surface area contributed by atoms with Crippen LogP contribution in [0.4, 0.5) is 18.3 Å². The number of hydrogen-bond acceptors (Lipinski definition) is 5. The van der Waals surface area contributed by atoms with E-state index in [0.717, 1.165) is 22.3 Å². The van der Waals surface area contributed by atoms with Gasteiger partial charge in [-0.1, -0.05) is 11.3 Å². The fourth-order valence-electron chi connectivity index (χ4n) is 2.77. The van der Waals surface area contributed by atoms with Crippen LogP contribution in [0.25, 0.3) is 10.2 Å². The monoisotopic (exact) mass is 453 g/mol. The molecule has 0 atom stereocenters. The molecule has 0 saturated heterocycles. The zero-order valence-electron chi connectivity index (χ0n) is 16.7. The maximum atomic E-state index is 14.0. The number of hydrogen-bond donors (Lipinski definition) is 0. The Kier molecular flexibility index (Phi) is 7.74. The molecule has 0 radical (unpaired) electrons. The first kappa shape index (κ1) is 22.6. The third-order valence-electron chi connectivity index (χ3n) is 4.32. The molecule has 0 spiro atoms. The number of carbonyl (C=O) groups excluding carboxylic acids is 1. The number of rotatable bonds is 9. The standard InChI is InChI=1S/C21H22F3N3OS2/c1-26(2)9-10-27(21-25-20-17(24)12-15(23)13-18(20)30-21)19(28)4-3-11-29-16-7-5-14(22)6-8-16/h5-8,12-13H,3-4,9-11H2,1-2H3. The van der Waals surface area contributed by atoms with Crippen LogP contribution >= 0.6 is 23.1 Å². The topological polar surface area (TPSA) is 36.4 Å². The molecule has 9 heteroatoms. The number of benzene rings is 2. The van der Waals surface area contributed by atoms with E-state index in [0.29, 0.717) is 41.5 Å². The van der Waals surface area contributed by atoms with E-state index in [-0.39, 0.29) is 17.2 Å². The van der Waals surface area contributed by atoms with E-state index in [2.05, 4.69) is 4.98 Å². The summed E-state index contributed by atoms with van der Waals surface area (Å²) in [5.41, 5.74) is 0.0749. The highest BCUT2D eigenvalue weighted by Crippen LogP contribution is 2.31. The fraction of sp³-hybridized carbons (Fsp3) is 0.333. The van der Waals surface area contributed by atoms with Crippen LogP contribution in [0.1, 0.15) is 12.8 Å². The lowest BCUT2D eigenvalue weighted by atomic mass is 10.3. The molecule has 1 amide bonds. The van der Waals surface area contributed by atoms with E-state index in [9.17, 15) is 18.0 Å². The number of aromatic nitrogens is 1. The molecule has 2 aromatic carbocycles. The van der Waals surface area contributed by atoms with Crippen molar-refractivity contribution >= 4 is 44.4 Å². The van der Waals surface area contributed by atoms with E-state index < -0.39 is 11.6 Å². The molecule has 0 aliphatic rings. The van der Waals surface area contributed by atoms with Crippen molar-refractivity contribution in [3.8, 4) is 0 Å². The van der Waals surface area contributed by atoms with Gasteiger partial charge in [-0.25, -0.2) is 18.2 Å². The molecule has 0 aliphatic carbocycles.